The van der Waals surface area contributed by atoms with E-state index in [9.17, 15) is 0 Å². The molecule has 0 saturated heterocycles. The Morgan fingerprint density at radius 1 is 0.571 bits per heavy atom. The van der Waals surface area contributed by atoms with Crippen molar-refractivity contribution in [1.82, 2.24) is 0 Å². The molecule has 0 heterocycles. The summed E-state index contributed by atoms with van der Waals surface area (Å²) in [4.78, 5) is 24.8. The molecule has 12 nitrogen and oxygen atoms in total. The van der Waals surface area contributed by atoms with E-state index < -0.39 is 15.3 Å². The standard InChI is InChI=1S/Li.Mn.3NO3/c;;3*2-1(3)4/q+1;+2;3*-1. The molecule has 0 aliphatic carbocycles. The first-order valence-electron chi connectivity index (χ1n) is 1.64. The van der Waals surface area contributed by atoms with Crippen LogP contribution in [-0.4, -0.2) is 15.3 Å². The first-order valence-corrected chi connectivity index (χ1v) is 1.64. The Morgan fingerprint density at radius 3 is 0.571 bits per heavy atom. The van der Waals surface area contributed by atoms with Crippen LogP contribution in [0.5, 0.6) is 0 Å². The molecule has 0 rings (SSSR count). The maximum Gasteiger partial charge on any atom is 2.00 e. The molecular weight excluding hydrogens is 248 g/mol. The van der Waals surface area contributed by atoms with Crippen molar-refractivity contribution in [2.24, 2.45) is 0 Å². The largest absolute Gasteiger partial charge is 2.00 e. The number of nitrogens with zero attached hydrogens (tertiary/aromatic N) is 3. The van der Waals surface area contributed by atoms with Gasteiger partial charge in [0.25, 0.3) is 0 Å². The summed E-state index contributed by atoms with van der Waals surface area (Å²) in [5, 5.41) is 44.2. The minimum atomic E-state index is -1.75. The van der Waals surface area contributed by atoms with Crippen molar-refractivity contribution in [2.45, 2.75) is 0 Å². The first-order chi connectivity index (χ1) is 5.20. The SMILES string of the molecule is O=[N+]([O-])[O-].O=[N+]([O-])[O-].O=[N+]([O-])[O-].[Li+].[Mn+2]. The van der Waals surface area contributed by atoms with Crippen molar-refractivity contribution in [1.29, 1.82) is 0 Å². The van der Waals surface area contributed by atoms with E-state index in [-0.39, 0.29) is 35.9 Å². The monoisotopic (exact) mass is 248 g/mol. The zero-order valence-corrected chi connectivity index (χ0v) is 7.57. The fourth-order valence-corrected chi connectivity index (χ4v) is 0. The van der Waals surface area contributed by atoms with Gasteiger partial charge in [0.1, 0.15) is 0 Å². The van der Waals surface area contributed by atoms with E-state index in [0.717, 1.165) is 0 Å². The molecule has 0 aliphatic heterocycles. The molecule has 77 valence electrons. The Hall–Kier alpha value is -1.28. The molecule has 0 aliphatic rings. The van der Waals surface area contributed by atoms with Gasteiger partial charge in [0.2, 0.25) is 0 Å². The van der Waals surface area contributed by atoms with Crippen molar-refractivity contribution in [3.05, 3.63) is 46.0 Å². The molecule has 0 N–H and O–H groups in total. The molecule has 0 fully saturated rings. The molecule has 0 aromatic rings. The molecule has 14 heteroatoms. The van der Waals surface area contributed by atoms with Gasteiger partial charge in [0.15, 0.2) is 0 Å². The molecule has 0 atom stereocenters. The third-order valence-electron chi connectivity index (χ3n) is 0. The second-order valence-electron chi connectivity index (χ2n) is 0.671. The van der Waals surface area contributed by atoms with E-state index in [1.165, 1.54) is 0 Å². The van der Waals surface area contributed by atoms with Crippen LogP contribution in [0.1, 0.15) is 0 Å². The number of rotatable bonds is 0. The van der Waals surface area contributed by atoms with Crippen molar-refractivity contribution >= 4 is 0 Å². The molecule has 0 aromatic heterocycles. The van der Waals surface area contributed by atoms with Gasteiger partial charge in [-0.15, -0.1) is 0 Å². The van der Waals surface area contributed by atoms with Crippen LogP contribution in [-0.2, 0) is 17.1 Å². The molecular formula is LiMnN3O9. The van der Waals surface area contributed by atoms with Gasteiger partial charge in [-0.3, -0.25) is 0 Å². The molecule has 1 radical (unpaired) electrons. The van der Waals surface area contributed by atoms with Crippen LogP contribution in [0.4, 0.5) is 0 Å². The fraction of sp³-hybridized carbons (Fsp3) is 0. The average Bonchev–Trinajstić information content (AvgIpc) is 1.54. The van der Waals surface area contributed by atoms with Gasteiger partial charge in [-0.05, 0) is 0 Å². The summed E-state index contributed by atoms with van der Waals surface area (Å²) in [6.07, 6.45) is 0. The average molecular weight is 248 g/mol. The van der Waals surface area contributed by atoms with Crippen LogP contribution in [0.2, 0.25) is 0 Å². The molecule has 0 saturated carbocycles. The fourth-order valence-electron chi connectivity index (χ4n) is 0. The van der Waals surface area contributed by atoms with Gasteiger partial charge in [-0.2, -0.15) is 0 Å². The van der Waals surface area contributed by atoms with Crippen LogP contribution in [0, 0.1) is 46.0 Å². The maximum atomic E-state index is 8.25. The quantitative estimate of drug-likeness (QED) is 0.234. The van der Waals surface area contributed by atoms with Crippen molar-refractivity contribution in [3.63, 3.8) is 0 Å². The van der Waals surface area contributed by atoms with E-state index in [4.69, 9.17) is 46.0 Å². The molecule has 0 unspecified atom stereocenters. The Kier molecular flexibility index (Phi) is 47.3. The molecule has 0 bridgehead atoms. The molecule has 0 spiro atoms. The zero-order chi connectivity index (χ0) is 10.7. The van der Waals surface area contributed by atoms with E-state index >= 15 is 0 Å². The second kappa shape index (κ2) is 22.6. The van der Waals surface area contributed by atoms with Gasteiger partial charge < -0.3 is 46.0 Å². The third-order valence-corrected chi connectivity index (χ3v) is 0. The number of hydrogen-bond acceptors (Lipinski definition) is 9. The summed E-state index contributed by atoms with van der Waals surface area (Å²) in [5.41, 5.74) is 0. The maximum absolute atomic E-state index is 8.25. The van der Waals surface area contributed by atoms with E-state index in [1.807, 2.05) is 0 Å². The Labute approximate surface area is 97.5 Å². The topological polar surface area (TPSA) is 199 Å². The Morgan fingerprint density at radius 2 is 0.571 bits per heavy atom. The summed E-state index contributed by atoms with van der Waals surface area (Å²) in [6.45, 7) is 0. The Balaban J connectivity index is -0.0000000270. The molecule has 0 amide bonds. The summed E-state index contributed by atoms with van der Waals surface area (Å²) in [5.74, 6) is 0. The third kappa shape index (κ3) is 615. The number of hydrogen-bond donors (Lipinski definition) is 0. The van der Waals surface area contributed by atoms with Crippen molar-refractivity contribution < 1.29 is 51.2 Å². The Bertz CT molecular complexity index is 118. The predicted octanol–water partition coefficient (Wildman–Crippen LogP) is -3.72. The molecule has 0 aromatic carbocycles. The van der Waals surface area contributed by atoms with Gasteiger partial charge in [0.05, 0.1) is 15.3 Å². The minimum Gasteiger partial charge on any atom is -0.356 e. The minimum absolute atomic E-state index is 0. The van der Waals surface area contributed by atoms with Crippen molar-refractivity contribution in [3.8, 4) is 0 Å². The van der Waals surface area contributed by atoms with Crippen LogP contribution >= 0.6 is 0 Å². The first kappa shape index (κ1) is 29.3. The van der Waals surface area contributed by atoms with E-state index in [1.54, 1.807) is 0 Å². The molecule has 14 heavy (non-hydrogen) atoms. The van der Waals surface area contributed by atoms with Gasteiger partial charge in [0, 0.05) is 0 Å². The van der Waals surface area contributed by atoms with Crippen LogP contribution in [0.3, 0.4) is 0 Å². The smallest absolute Gasteiger partial charge is 0.356 e. The van der Waals surface area contributed by atoms with E-state index in [2.05, 4.69) is 0 Å². The van der Waals surface area contributed by atoms with Crippen molar-refractivity contribution in [2.75, 3.05) is 0 Å². The van der Waals surface area contributed by atoms with Gasteiger partial charge in [-0.25, -0.2) is 0 Å². The van der Waals surface area contributed by atoms with Crippen LogP contribution < -0.4 is 18.9 Å². The van der Waals surface area contributed by atoms with Gasteiger partial charge >= 0.3 is 35.9 Å². The van der Waals surface area contributed by atoms with Gasteiger partial charge in [-0.1, -0.05) is 0 Å². The predicted molar refractivity (Wildman–Crippen MR) is 31.1 cm³/mol. The summed E-state index contributed by atoms with van der Waals surface area (Å²) < 4.78 is 0. The van der Waals surface area contributed by atoms with E-state index in [0.29, 0.717) is 0 Å². The van der Waals surface area contributed by atoms with Crippen LogP contribution in [0.25, 0.3) is 0 Å². The van der Waals surface area contributed by atoms with Crippen LogP contribution in [0.15, 0.2) is 0 Å². The summed E-state index contributed by atoms with van der Waals surface area (Å²) in [7, 11) is 0. The second-order valence-corrected chi connectivity index (χ2v) is 0.671. The summed E-state index contributed by atoms with van der Waals surface area (Å²) in [6, 6.07) is 0. The summed E-state index contributed by atoms with van der Waals surface area (Å²) >= 11 is 0. The zero-order valence-electron chi connectivity index (χ0n) is 6.39. The normalized spacial score (nSPS) is 5.14.